The molecular formula is C24H22N2O3. The highest BCUT2D eigenvalue weighted by Gasteiger charge is 2.27. The van der Waals surface area contributed by atoms with E-state index in [4.69, 9.17) is 4.74 Å². The molecule has 0 atom stereocenters. The number of amides is 2. The minimum Gasteiger partial charge on any atom is -0.454 e. The second kappa shape index (κ2) is 7.80. The summed E-state index contributed by atoms with van der Waals surface area (Å²) < 4.78 is 5.99. The molecule has 1 aliphatic rings. The van der Waals surface area contributed by atoms with Gasteiger partial charge in [0.2, 0.25) is 0 Å². The Hall–Kier alpha value is -3.60. The largest absolute Gasteiger partial charge is 0.454 e. The van der Waals surface area contributed by atoms with Crippen LogP contribution in [0.3, 0.4) is 0 Å². The first-order chi connectivity index (χ1) is 14.1. The number of nitrogens with one attached hydrogen (secondary N) is 1. The quantitative estimate of drug-likeness (QED) is 0.707. The van der Waals surface area contributed by atoms with Gasteiger partial charge in [0.15, 0.2) is 5.75 Å². The van der Waals surface area contributed by atoms with E-state index in [-0.39, 0.29) is 11.8 Å². The number of nitrogens with zero attached hydrogens (tertiary/aromatic N) is 1. The molecule has 5 heteroatoms. The maximum Gasteiger partial charge on any atom is 0.262 e. The maximum atomic E-state index is 13.0. The summed E-state index contributed by atoms with van der Waals surface area (Å²) in [5.74, 6) is 0.740. The van der Waals surface area contributed by atoms with Crippen molar-refractivity contribution in [1.29, 1.82) is 0 Å². The molecule has 146 valence electrons. The summed E-state index contributed by atoms with van der Waals surface area (Å²) in [6.07, 6.45) is 0. The molecule has 2 amide bonds. The van der Waals surface area contributed by atoms with Gasteiger partial charge in [0, 0.05) is 18.7 Å². The number of rotatable bonds is 4. The summed E-state index contributed by atoms with van der Waals surface area (Å²) in [6.45, 7) is 4.84. The number of anilines is 1. The van der Waals surface area contributed by atoms with Crippen molar-refractivity contribution in [2.24, 2.45) is 0 Å². The third kappa shape index (κ3) is 3.72. The minimum absolute atomic E-state index is 0.140. The number of aryl methyl sites for hydroxylation is 1. The lowest BCUT2D eigenvalue weighted by Gasteiger charge is -2.20. The first-order valence-electron chi connectivity index (χ1n) is 9.63. The van der Waals surface area contributed by atoms with Crippen LogP contribution in [0.5, 0.6) is 11.5 Å². The van der Waals surface area contributed by atoms with Gasteiger partial charge >= 0.3 is 0 Å². The van der Waals surface area contributed by atoms with Gasteiger partial charge < -0.3 is 15.0 Å². The number of benzene rings is 3. The van der Waals surface area contributed by atoms with Crippen molar-refractivity contribution in [3.63, 3.8) is 0 Å². The van der Waals surface area contributed by atoms with Crippen LogP contribution in [-0.4, -0.2) is 18.4 Å². The lowest BCUT2D eigenvalue weighted by atomic mass is 10.1. The average Bonchev–Trinajstić information content (AvgIpc) is 2.86. The standard InChI is InChI=1S/C24H22N2O3/c1-3-26-20-14-18(23(27)25-15-17-10-8-16(2)9-11-17)12-13-22(20)29-21-7-5-4-6-19(21)24(26)28/h4-14H,3,15H2,1-2H3,(H,25,27). The van der Waals surface area contributed by atoms with E-state index in [1.54, 1.807) is 35.2 Å². The molecule has 0 aliphatic carbocycles. The highest BCUT2D eigenvalue weighted by Crippen LogP contribution is 2.39. The van der Waals surface area contributed by atoms with Gasteiger partial charge in [-0.3, -0.25) is 9.59 Å². The van der Waals surface area contributed by atoms with Crippen LogP contribution >= 0.6 is 0 Å². The molecule has 0 saturated heterocycles. The van der Waals surface area contributed by atoms with Crippen molar-refractivity contribution in [3.8, 4) is 11.5 Å². The topological polar surface area (TPSA) is 58.6 Å². The summed E-state index contributed by atoms with van der Waals surface area (Å²) in [5.41, 5.74) is 3.79. The molecule has 0 aromatic heterocycles. The van der Waals surface area contributed by atoms with E-state index in [9.17, 15) is 9.59 Å². The zero-order valence-corrected chi connectivity index (χ0v) is 16.4. The third-order valence-corrected chi connectivity index (χ3v) is 4.98. The first kappa shape index (κ1) is 18.7. The zero-order valence-electron chi connectivity index (χ0n) is 16.4. The second-order valence-corrected chi connectivity index (χ2v) is 7.00. The van der Waals surface area contributed by atoms with E-state index in [1.807, 2.05) is 50.2 Å². The van der Waals surface area contributed by atoms with Crippen molar-refractivity contribution in [3.05, 3.63) is 89.0 Å². The van der Waals surface area contributed by atoms with Gasteiger partial charge in [0.1, 0.15) is 5.75 Å². The van der Waals surface area contributed by atoms with Gasteiger partial charge in [-0.15, -0.1) is 0 Å². The van der Waals surface area contributed by atoms with Crippen LogP contribution in [0, 0.1) is 6.92 Å². The molecule has 0 radical (unpaired) electrons. The molecule has 1 heterocycles. The molecule has 0 saturated carbocycles. The summed E-state index contributed by atoms with van der Waals surface area (Å²) in [6, 6.07) is 20.4. The average molecular weight is 386 g/mol. The van der Waals surface area contributed by atoms with E-state index >= 15 is 0 Å². The van der Waals surface area contributed by atoms with E-state index in [1.165, 1.54) is 5.56 Å². The Labute approximate surface area is 169 Å². The van der Waals surface area contributed by atoms with E-state index < -0.39 is 0 Å². The number of ether oxygens (including phenoxy) is 1. The fourth-order valence-corrected chi connectivity index (χ4v) is 3.37. The van der Waals surface area contributed by atoms with Crippen LogP contribution in [0.15, 0.2) is 66.7 Å². The zero-order chi connectivity index (χ0) is 20.4. The molecule has 29 heavy (non-hydrogen) atoms. The molecular weight excluding hydrogens is 364 g/mol. The SMILES string of the molecule is CCN1C(=O)c2ccccc2Oc2ccc(C(=O)NCc3ccc(C)cc3)cc21. The van der Waals surface area contributed by atoms with Crippen molar-refractivity contribution in [2.75, 3.05) is 11.4 Å². The van der Waals surface area contributed by atoms with Crippen molar-refractivity contribution in [2.45, 2.75) is 20.4 Å². The smallest absolute Gasteiger partial charge is 0.262 e. The van der Waals surface area contributed by atoms with Crippen LogP contribution in [-0.2, 0) is 6.54 Å². The Balaban J connectivity index is 1.60. The second-order valence-electron chi connectivity index (χ2n) is 7.00. The number of carbonyl (C=O) groups is 2. The molecule has 3 aromatic carbocycles. The number of fused-ring (bicyclic) bond motifs is 2. The number of carbonyl (C=O) groups excluding carboxylic acids is 2. The van der Waals surface area contributed by atoms with Gasteiger partial charge in [-0.05, 0) is 49.7 Å². The minimum atomic E-state index is -0.196. The van der Waals surface area contributed by atoms with E-state index in [0.29, 0.717) is 41.4 Å². The van der Waals surface area contributed by atoms with E-state index in [0.717, 1.165) is 5.56 Å². The molecule has 0 fully saturated rings. The van der Waals surface area contributed by atoms with Gasteiger partial charge in [0.05, 0.1) is 11.3 Å². The van der Waals surface area contributed by atoms with Crippen LogP contribution in [0.4, 0.5) is 5.69 Å². The molecule has 1 N–H and O–H groups in total. The van der Waals surface area contributed by atoms with Gasteiger partial charge in [-0.25, -0.2) is 0 Å². The van der Waals surface area contributed by atoms with Crippen molar-refractivity contribution < 1.29 is 14.3 Å². The highest BCUT2D eigenvalue weighted by atomic mass is 16.5. The lowest BCUT2D eigenvalue weighted by molar-refractivity contribution is 0.0948. The Morgan fingerprint density at radius 2 is 1.76 bits per heavy atom. The fourth-order valence-electron chi connectivity index (χ4n) is 3.37. The normalized spacial score (nSPS) is 12.5. The van der Waals surface area contributed by atoms with Crippen LogP contribution in [0.1, 0.15) is 38.8 Å². The molecule has 0 bridgehead atoms. The fraction of sp³-hybridized carbons (Fsp3) is 0.167. The maximum absolute atomic E-state index is 13.0. The lowest BCUT2D eigenvalue weighted by Crippen LogP contribution is -2.30. The monoisotopic (exact) mass is 386 g/mol. The Morgan fingerprint density at radius 1 is 1.00 bits per heavy atom. The number of hydrogen-bond acceptors (Lipinski definition) is 3. The van der Waals surface area contributed by atoms with Crippen LogP contribution in [0.2, 0.25) is 0 Å². The predicted octanol–water partition coefficient (Wildman–Crippen LogP) is 4.70. The van der Waals surface area contributed by atoms with Gasteiger partial charge in [0.25, 0.3) is 11.8 Å². The van der Waals surface area contributed by atoms with Crippen LogP contribution < -0.4 is 15.0 Å². The van der Waals surface area contributed by atoms with Gasteiger partial charge in [-0.1, -0.05) is 42.0 Å². The highest BCUT2D eigenvalue weighted by molar-refractivity contribution is 6.10. The van der Waals surface area contributed by atoms with Crippen molar-refractivity contribution in [1.82, 2.24) is 5.32 Å². The predicted molar refractivity (Wildman–Crippen MR) is 113 cm³/mol. The summed E-state index contributed by atoms with van der Waals surface area (Å²) in [4.78, 5) is 27.3. The molecule has 5 nitrogen and oxygen atoms in total. The molecule has 1 aliphatic heterocycles. The number of hydrogen-bond donors (Lipinski definition) is 1. The first-order valence-corrected chi connectivity index (χ1v) is 9.63. The molecule has 0 unspecified atom stereocenters. The summed E-state index contributed by atoms with van der Waals surface area (Å²) >= 11 is 0. The van der Waals surface area contributed by atoms with Crippen molar-refractivity contribution >= 4 is 17.5 Å². The molecule has 3 aromatic rings. The molecule has 0 spiro atoms. The van der Waals surface area contributed by atoms with Gasteiger partial charge in [-0.2, -0.15) is 0 Å². The summed E-state index contributed by atoms with van der Waals surface area (Å²) in [5, 5.41) is 2.94. The molecule has 4 rings (SSSR count). The van der Waals surface area contributed by atoms with E-state index in [2.05, 4.69) is 5.32 Å². The Morgan fingerprint density at radius 3 is 2.52 bits per heavy atom. The number of para-hydroxylation sites is 1. The summed E-state index contributed by atoms with van der Waals surface area (Å²) in [7, 11) is 0. The Bertz CT molecular complexity index is 1070. The van der Waals surface area contributed by atoms with Crippen LogP contribution in [0.25, 0.3) is 0 Å². The third-order valence-electron chi connectivity index (χ3n) is 4.98. The Kier molecular flexibility index (Phi) is 5.04.